The number of aliphatic hydroxyl groups is 1. The molecule has 3 atom stereocenters. The minimum Gasteiger partial charge on any atom is -0.491 e. The van der Waals surface area contributed by atoms with Gasteiger partial charge in [-0.25, -0.2) is 4.79 Å². The molecule has 0 bridgehead atoms. The van der Waals surface area contributed by atoms with E-state index in [0.717, 1.165) is 18.4 Å². The Morgan fingerprint density at radius 1 is 1.29 bits per heavy atom. The summed E-state index contributed by atoms with van der Waals surface area (Å²) in [5.41, 5.74) is 1.16. The first-order chi connectivity index (χ1) is 14.8. The summed E-state index contributed by atoms with van der Waals surface area (Å²) in [6.45, 7) is 7.13. The number of guanidine groups is 1. The van der Waals surface area contributed by atoms with Crippen LogP contribution in [-0.4, -0.2) is 77.9 Å². The van der Waals surface area contributed by atoms with E-state index in [1.807, 2.05) is 24.3 Å². The van der Waals surface area contributed by atoms with Crippen molar-refractivity contribution >= 4 is 17.9 Å². The second-order valence-electron chi connectivity index (χ2n) is 8.45. The molecule has 9 heteroatoms. The molecule has 3 unspecified atom stereocenters. The van der Waals surface area contributed by atoms with Gasteiger partial charge in [0.25, 0.3) is 5.91 Å². The van der Waals surface area contributed by atoms with E-state index in [1.54, 1.807) is 11.9 Å². The lowest BCUT2D eigenvalue weighted by molar-refractivity contribution is -0.127. The number of aliphatic imine (C=N–C) groups is 1. The van der Waals surface area contributed by atoms with Gasteiger partial charge in [-0.05, 0) is 36.5 Å². The maximum atomic E-state index is 12.6. The number of hydrogen-bond donors (Lipinski definition) is 3. The number of amides is 3. The standard InChI is InChI=1S/C22H33N5O4/c1-5-15-7-6-8-17(11-15)31-13-16(28)12-27-18-19(26(4)22(30)25-20(18)29)24-21(27)23-10-9-14(2)3/h6-8,11,14,16,18-19,28H,5,9-10,12-13H2,1-4H3,(H,23,24)(H,25,29,30). The van der Waals surface area contributed by atoms with Crippen LogP contribution in [0.1, 0.15) is 32.8 Å². The number of nitrogens with one attached hydrogen (secondary N) is 2. The van der Waals surface area contributed by atoms with Crippen LogP contribution in [0.4, 0.5) is 4.79 Å². The minimum absolute atomic E-state index is 0.0801. The smallest absolute Gasteiger partial charge is 0.325 e. The highest BCUT2D eigenvalue weighted by molar-refractivity contribution is 6.04. The average Bonchev–Trinajstić information content (AvgIpc) is 3.09. The van der Waals surface area contributed by atoms with Crippen LogP contribution in [-0.2, 0) is 11.2 Å². The molecule has 3 amide bonds. The zero-order valence-corrected chi connectivity index (χ0v) is 18.7. The molecule has 3 rings (SSSR count). The van der Waals surface area contributed by atoms with Crippen LogP contribution in [0.2, 0.25) is 0 Å². The lowest BCUT2D eigenvalue weighted by Crippen LogP contribution is -2.65. The van der Waals surface area contributed by atoms with Crippen LogP contribution in [0.3, 0.4) is 0 Å². The molecule has 0 saturated carbocycles. The number of nitrogens with zero attached hydrogens (tertiary/aromatic N) is 3. The molecule has 2 saturated heterocycles. The Labute approximate surface area is 183 Å². The van der Waals surface area contributed by atoms with Crippen LogP contribution in [0.15, 0.2) is 29.3 Å². The fourth-order valence-electron chi connectivity index (χ4n) is 3.68. The Balaban J connectivity index is 1.71. The number of fused-ring (bicyclic) bond motifs is 1. The maximum Gasteiger partial charge on any atom is 0.325 e. The summed E-state index contributed by atoms with van der Waals surface area (Å²) < 4.78 is 5.77. The lowest BCUT2D eigenvalue weighted by atomic mass is 10.1. The van der Waals surface area contributed by atoms with Gasteiger partial charge in [0.15, 0.2) is 12.0 Å². The molecule has 31 heavy (non-hydrogen) atoms. The van der Waals surface area contributed by atoms with Crippen molar-refractivity contribution in [3.63, 3.8) is 0 Å². The lowest BCUT2D eigenvalue weighted by Gasteiger charge is -2.35. The first-order valence-electron chi connectivity index (χ1n) is 10.8. The molecule has 3 N–H and O–H groups in total. The Morgan fingerprint density at radius 3 is 2.77 bits per heavy atom. The van der Waals surface area contributed by atoms with E-state index in [0.29, 0.717) is 24.2 Å². The summed E-state index contributed by atoms with van der Waals surface area (Å²) in [6, 6.07) is 6.63. The van der Waals surface area contributed by atoms with Gasteiger partial charge in [-0.15, -0.1) is 0 Å². The Morgan fingerprint density at radius 2 is 2.06 bits per heavy atom. The van der Waals surface area contributed by atoms with Crippen molar-refractivity contribution in [2.24, 2.45) is 10.9 Å². The number of ether oxygens (including phenoxy) is 1. The number of likely N-dealkylation sites (N-methyl/N-ethyl adjacent to an activating group) is 1. The van der Waals surface area contributed by atoms with Gasteiger partial charge < -0.3 is 25.0 Å². The van der Waals surface area contributed by atoms with Gasteiger partial charge in [0.05, 0.1) is 6.54 Å². The predicted molar refractivity (Wildman–Crippen MR) is 118 cm³/mol. The molecule has 9 nitrogen and oxygen atoms in total. The quantitative estimate of drug-likeness (QED) is 0.542. The van der Waals surface area contributed by atoms with Crippen LogP contribution in [0.5, 0.6) is 5.75 Å². The fraction of sp³-hybridized carbons (Fsp3) is 0.591. The van der Waals surface area contributed by atoms with Crippen LogP contribution < -0.4 is 15.4 Å². The summed E-state index contributed by atoms with van der Waals surface area (Å²) >= 11 is 0. The third-order valence-corrected chi connectivity index (χ3v) is 5.54. The van der Waals surface area contributed by atoms with E-state index in [4.69, 9.17) is 4.74 Å². The summed E-state index contributed by atoms with van der Waals surface area (Å²) in [7, 11) is 1.63. The number of carbonyl (C=O) groups is 2. The highest BCUT2D eigenvalue weighted by Crippen LogP contribution is 2.21. The number of rotatable bonds is 9. The summed E-state index contributed by atoms with van der Waals surface area (Å²) in [6.07, 6.45) is 0.416. The van der Waals surface area contributed by atoms with E-state index in [1.165, 1.54) is 4.90 Å². The maximum absolute atomic E-state index is 12.6. The van der Waals surface area contributed by atoms with E-state index < -0.39 is 30.2 Å². The monoisotopic (exact) mass is 431 g/mol. The molecule has 2 fully saturated rings. The third kappa shape index (κ3) is 5.46. The Bertz CT molecular complexity index is 828. The number of urea groups is 1. The highest BCUT2D eigenvalue weighted by atomic mass is 16.5. The molecule has 2 heterocycles. The second kappa shape index (κ2) is 10.00. The zero-order chi connectivity index (χ0) is 22.5. The number of hydrogen-bond acceptors (Lipinski definition) is 5. The van der Waals surface area contributed by atoms with Crippen molar-refractivity contribution in [1.29, 1.82) is 0 Å². The first-order valence-corrected chi connectivity index (χ1v) is 10.8. The van der Waals surface area contributed by atoms with Gasteiger partial charge in [-0.3, -0.25) is 15.1 Å². The van der Waals surface area contributed by atoms with Gasteiger partial charge in [0.2, 0.25) is 0 Å². The molecule has 0 radical (unpaired) electrons. The number of β-amino-alcohol motifs (C(OH)–C–C–N with tert-alkyl or cyclic N) is 1. The van der Waals surface area contributed by atoms with Gasteiger partial charge in [0, 0.05) is 13.6 Å². The molecule has 1 aromatic carbocycles. The summed E-state index contributed by atoms with van der Waals surface area (Å²) in [5, 5.41) is 16.2. The normalized spacial score (nSPS) is 23.1. The Kier molecular flexibility index (Phi) is 7.37. The average molecular weight is 432 g/mol. The van der Waals surface area contributed by atoms with E-state index in [9.17, 15) is 14.7 Å². The van der Waals surface area contributed by atoms with Crippen molar-refractivity contribution < 1.29 is 19.4 Å². The molecule has 0 aliphatic carbocycles. The SMILES string of the molecule is CCc1cccc(OCC(O)CN2C(=NCCC(C)C)NC3C2C(=O)NC(=O)N3C)c1. The van der Waals surface area contributed by atoms with Crippen LogP contribution >= 0.6 is 0 Å². The zero-order valence-electron chi connectivity index (χ0n) is 18.7. The van der Waals surface area contributed by atoms with Gasteiger partial charge in [-0.2, -0.15) is 0 Å². The van der Waals surface area contributed by atoms with E-state index >= 15 is 0 Å². The first kappa shape index (κ1) is 22.9. The van der Waals surface area contributed by atoms with Crippen molar-refractivity contribution in [3.05, 3.63) is 29.8 Å². The molecule has 2 aliphatic heterocycles. The predicted octanol–water partition coefficient (Wildman–Crippen LogP) is 1.17. The van der Waals surface area contributed by atoms with Crippen molar-refractivity contribution in [2.75, 3.05) is 26.7 Å². The number of aryl methyl sites for hydroxylation is 1. The third-order valence-electron chi connectivity index (χ3n) is 5.54. The molecular formula is C22H33N5O4. The van der Waals surface area contributed by atoms with E-state index in [2.05, 4.69) is 36.4 Å². The molecule has 0 aromatic heterocycles. The van der Waals surface area contributed by atoms with Crippen molar-refractivity contribution in [1.82, 2.24) is 20.4 Å². The molecule has 1 aromatic rings. The van der Waals surface area contributed by atoms with Crippen LogP contribution in [0.25, 0.3) is 0 Å². The van der Waals surface area contributed by atoms with E-state index in [-0.39, 0.29) is 13.2 Å². The van der Waals surface area contributed by atoms with Crippen molar-refractivity contribution in [3.8, 4) is 5.75 Å². The second-order valence-corrected chi connectivity index (χ2v) is 8.45. The topological polar surface area (TPSA) is 106 Å². The van der Waals surface area contributed by atoms with Gasteiger partial charge in [-0.1, -0.05) is 32.9 Å². The number of benzene rings is 1. The highest BCUT2D eigenvalue weighted by Gasteiger charge is 2.50. The largest absolute Gasteiger partial charge is 0.491 e. The number of imide groups is 1. The fourth-order valence-corrected chi connectivity index (χ4v) is 3.68. The molecule has 0 spiro atoms. The summed E-state index contributed by atoms with van der Waals surface area (Å²) in [5.74, 6) is 1.30. The number of carbonyl (C=O) groups excluding carboxylic acids is 2. The molecule has 2 aliphatic rings. The molecular weight excluding hydrogens is 398 g/mol. The van der Waals surface area contributed by atoms with Gasteiger partial charge >= 0.3 is 6.03 Å². The van der Waals surface area contributed by atoms with Gasteiger partial charge in [0.1, 0.15) is 24.6 Å². The summed E-state index contributed by atoms with van der Waals surface area (Å²) in [4.78, 5) is 32.4. The van der Waals surface area contributed by atoms with Crippen LogP contribution in [0, 0.1) is 5.92 Å². The number of aliphatic hydroxyl groups excluding tert-OH is 1. The minimum atomic E-state index is -0.850. The van der Waals surface area contributed by atoms with Crippen molar-refractivity contribution in [2.45, 2.75) is 51.9 Å². The molecule has 170 valence electrons. The Hall–Kier alpha value is -2.81.